The summed E-state index contributed by atoms with van der Waals surface area (Å²) in [5, 5.41) is 27.4. The van der Waals surface area contributed by atoms with Gasteiger partial charge < -0.3 is 25.8 Å². The second-order valence-electron chi connectivity index (χ2n) is 3.07. The molecule has 0 aliphatic heterocycles. The lowest BCUT2D eigenvalue weighted by Gasteiger charge is -2.33. The van der Waals surface area contributed by atoms with Gasteiger partial charge in [0.05, 0.1) is 12.1 Å². The van der Waals surface area contributed by atoms with E-state index in [1.807, 2.05) is 0 Å². The van der Waals surface area contributed by atoms with Crippen molar-refractivity contribution in [1.82, 2.24) is 0 Å². The third-order valence-corrected chi connectivity index (χ3v) is 1.92. The summed E-state index contributed by atoms with van der Waals surface area (Å²) in [6, 6.07) is -1.06. The van der Waals surface area contributed by atoms with Crippen LogP contribution in [0.3, 0.4) is 0 Å². The van der Waals surface area contributed by atoms with Gasteiger partial charge in [0.25, 0.3) is 0 Å². The Kier molecular flexibility index (Phi) is 3.79. The Balaban J connectivity index is 4.47. The Morgan fingerprint density at radius 3 is 2.17 bits per heavy atom. The molecule has 0 aromatic heterocycles. The van der Waals surface area contributed by atoms with E-state index >= 15 is 0 Å². The van der Waals surface area contributed by atoms with Crippen molar-refractivity contribution in [3.8, 4) is 0 Å². The number of carbonyl (C=O) groups excluding carboxylic acids is 1. The minimum absolute atomic E-state index is 0.183. The summed E-state index contributed by atoms with van der Waals surface area (Å²) in [5.74, 6) is 0. The van der Waals surface area contributed by atoms with Gasteiger partial charge in [-0.05, 0) is 13.8 Å². The normalized spacial score (nSPS) is 23.8. The number of carbonyl (C=O) groups is 1. The second kappa shape index (κ2) is 3.95. The fourth-order valence-corrected chi connectivity index (χ4v) is 0.823. The molecule has 0 spiro atoms. The van der Waals surface area contributed by atoms with Crippen LogP contribution in [0.4, 0.5) is 0 Å². The van der Waals surface area contributed by atoms with Crippen molar-refractivity contribution >= 4 is 6.29 Å². The predicted octanol–water partition coefficient (Wildman–Crippen LogP) is -1.99. The first-order valence-corrected chi connectivity index (χ1v) is 3.63. The van der Waals surface area contributed by atoms with E-state index in [0.29, 0.717) is 0 Å². The molecule has 72 valence electrons. The highest BCUT2D eigenvalue weighted by Crippen LogP contribution is 2.14. The molecule has 0 aromatic rings. The maximum Gasteiger partial charge on any atom is 0.151 e. The summed E-state index contributed by atoms with van der Waals surface area (Å²) >= 11 is 0. The van der Waals surface area contributed by atoms with Gasteiger partial charge in [-0.2, -0.15) is 0 Å². The summed E-state index contributed by atoms with van der Waals surface area (Å²) in [5.41, 5.74) is 3.56. The molecule has 0 fully saturated rings. The molecule has 0 radical (unpaired) electrons. The van der Waals surface area contributed by atoms with Gasteiger partial charge in [0.1, 0.15) is 11.7 Å². The van der Waals surface area contributed by atoms with E-state index in [0.717, 1.165) is 0 Å². The van der Waals surface area contributed by atoms with E-state index in [2.05, 4.69) is 0 Å². The van der Waals surface area contributed by atoms with E-state index in [-0.39, 0.29) is 6.29 Å². The fourth-order valence-electron chi connectivity index (χ4n) is 0.823. The monoisotopic (exact) mass is 177 g/mol. The minimum Gasteiger partial charge on any atom is -0.392 e. The first-order valence-electron chi connectivity index (χ1n) is 3.63. The van der Waals surface area contributed by atoms with Gasteiger partial charge >= 0.3 is 0 Å². The first-order chi connectivity index (χ1) is 5.34. The third-order valence-electron chi connectivity index (χ3n) is 1.92. The van der Waals surface area contributed by atoms with Gasteiger partial charge in [0.2, 0.25) is 0 Å². The van der Waals surface area contributed by atoms with Crippen LogP contribution in [0.25, 0.3) is 0 Å². The first kappa shape index (κ1) is 11.5. The quantitative estimate of drug-likeness (QED) is 0.372. The number of hydrogen-bond donors (Lipinski definition) is 4. The zero-order chi connectivity index (χ0) is 9.94. The standard InChI is InChI=1S/C7H15NO4/c1-4(10)6(8)7(2,12)5(11)3-9/h3-6,10-12H,8H2,1-2H3/t4-,5-,6-,7-/m0/s1. The fraction of sp³-hybridized carbons (Fsp3) is 0.857. The van der Waals surface area contributed by atoms with Gasteiger partial charge in [-0.15, -0.1) is 0 Å². The molecule has 0 amide bonds. The second-order valence-corrected chi connectivity index (χ2v) is 3.07. The maximum absolute atomic E-state index is 10.1. The Hall–Kier alpha value is -0.490. The van der Waals surface area contributed by atoms with Crippen LogP contribution in [0.5, 0.6) is 0 Å². The van der Waals surface area contributed by atoms with Crippen LogP contribution in [0.1, 0.15) is 13.8 Å². The van der Waals surface area contributed by atoms with Crippen LogP contribution < -0.4 is 5.73 Å². The molecule has 5 heteroatoms. The van der Waals surface area contributed by atoms with Gasteiger partial charge in [0.15, 0.2) is 6.29 Å². The van der Waals surface area contributed by atoms with E-state index < -0.39 is 23.9 Å². The van der Waals surface area contributed by atoms with Gasteiger partial charge in [-0.3, -0.25) is 0 Å². The lowest BCUT2D eigenvalue weighted by Crippen LogP contribution is -2.59. The molecule has 0 aliphatic carbocycles. The lowest BCUT2D eigenvalue weighted by molar-refractivity contribution is -0.135. The summed E-state index contributed by atoms with van der Waals surface area (Å²) < 4.78 is 0. The van der Waals surface area contributed by atoms with Crippen LogP contribution in [0, 0.1) is 0 Å². The van der Waals surface area contributed by atoms with Crippen molar-refractivity contribution in [3.63, 3.8) is 0 Å². The van der Waals surface area contributed by atoms with E-state index in [9.17, 15) is 9.90 Å². The van der Waals surface area contributed by atoms with Crippen molar-refractivity contribution in [2.75, 3.05) is 0 Å². The molecule has 0 aliphatic rings. The SMILES string of the molecule is C[C@H](O)[C@H](N)[C@@](C)(O)[C@@H](O)C=O. The van der Waals surface area contributed by atoms with E-state index in [4.69, 9.17) is 15.9 Å². The number of hydrogen-bond acceptors (Lipinski definition) is 5. The molecule has 5 N–H and O–H groups in total. The zero-order valence-electron chi connectivity index (χ0n) is 7.14. The van der Waals surface area contributed by atoms with Gasteiger partial charge in [0, 0.05) is 0 Å². The Labute approximate surface area is 70.8 Å². The molecule has 0 rings (SSSR count). The number of nitrogens with two attached hydrogens (primary N) is 1. The van der Waals surface area contributed by atoms with Crippen LogP contribution >= 0.6 is 0 Å². The number of aliphatic hydroxyl groups is 3. The smallest absolute Gasteiger partial charge is 0.151 e. The number of rotatable bonds is 4. The molecule has 0 saturated heterocycles. The highest BCUT2D eigenvalue weighted by atomic mass is 16.4. The highest BCUT2D eigenvalue weighted by molar-refractivity contribution is 5.58. The summed E-state index contributed by atoms with van der Waals surface area (Å²) in [6.45, 7) is 2.57. The summed E-state index contributed by atoms with van der Waals surface area (Å²) in [4.78, 5) is 10.1. The van der Waals surface area contributed by atoms with Crippen LogP contribution in [-0.2, 0) is 4.79 Å². The minimum atomic E-state index is -1.80. The molecule has 0 heterocycles. The molecular formula is C7H15NO4. The molecule has 0 unspecified atom stereocenters. The van der Waals surface area contributed by atoms with Crippen LogP contribution in [0.15, 0.2) is 0 Å². The largest absolute Gasteiger partial charge is 0.392 e. The molecule has 0 bridgehead atoms. The topological polar surface area (TPSA) is 104 Å². The van der Waals surface area contributed by atoms with Crippen molar-refractivity contribution in [1.29, 1.82) is 0 Å². The van der Waals surface area contributed by atoms with Crippen molar-refractivity contribution in [2.24, 2.45) is 5.73 Å². The van der Waals surface area contributed by atoms with E-state index in [1.165, 1.54) is 13.8 Å². The zero-order valence-corrected chi connectivity index (χ0v) is 7.14. The highest BCUT2D eigenvalue weighted by Gasteiger charge is 2.39. The Bertz CT molecular complexity index is 157. The summed E-state index contributed by atoms with van der Waals surface area (Å²) in [6.07, 6.45) is -2.39. The number of aliphatic hydroxyl groups excluding tert-OH is 2. The van der Waals surface area contributed by atoms with Crippen molar-refractivity contribution in [2.45, 2.75) is 37.7 Å². The molecule has 4 atom stereocenters. The molecule has 0 aromatic carbocycles. The van der Waals surface area contributed by atoms with Crippen molar-refractivity contribution in [3.05, 3.63) is 0 Å². The summed E-state index contributed by atoms with van der Waals surface area (Å²) in [7, 11) is 0. The van der Waals surface area contributed by atoms with Crippen LogP contribution in [0.2, 0.25) is 0 Å². The average Bonchev–Trinajstić information content (AvgIpc) is 2.01. The predicted molar refractivity (Wildman–Crippen MR) is 42.4 cm³/mol. The molecule has 0 saturated carbocycles. The Morgan fingerprint density at radius 2 is 1.92 bits per heavy atom. The maximum atomic E-state index is 10.1. The third kappa shape index (κ3) is 2.25. The molecule has 5 nitrogen and oxygen atoms in total. The lowest BCUT2D eigenvalue weighted by atomic mass is 9.88. The van der Waals surface area contributed by atoms with E-state index in [1.54, 1.807) is 0 Å². The Morgan fingerprint density at radius 1 is 1.50 bits per heavy atom. The average molecular weight is 177 g/mol. The number of aldehydes is 1. The van der Waals surface area contributed by atoms with Gasteiger partial charge in [-0.1, -0.05) is 0 Å². The molecule has 12 heavy (non-hydrogen) atoms. The molecular weight excluding hydrogens is 162 g/mol. The van der Waals surface area contributed by atoms with Crippen molar-refractivity contribution < 1.29 is 20.1 Å². The van der Waals surface area contributed by atoms with Gasteiger partial charge in [-0.25, -0.2) is 0 Å². The van der Waals surface area contributed by atoms with Crippen LogP contribution in [-0.4, -0.2) is 45.5 Å².